The minimum Gasteiger partial charge on any atom is -0.478 e. The number of hydrogen-bond acceptors (Lipinski definition) is 5. The molecule has 0 saturated heterocycles. The highest BCUT2D eigenvalue weighted by Crippen LogP contribution is 2.28. The Bertz CT molecular complexity index is 632. The van der Waals surface area contributed by atoms with Gasteiger partial charge in [-0.3, -0.25) is 4.79 Å². The minimum absolute atomic E-state index is 0.164. The largest absolute Gasteiger partial charge is 0.478 e. The first-order chi connectivity index (χ1) is 9.63. The van der Waals surface area contributed by atoms with Crippen LogP contribution < -0.4 is 0 Å². The zero-order valence-electron chi connectivity index (χ0n) is 10.9. The summed E-state index contributed by atoms with van der Waals surface area (Å²) >= 11 is 1.27. The Morgan fingerprint density at radius 2 is 2.10 bits per heavy atom. The second kappa shape index (κ2) is 6.47. The minimum atomic E-state index is -1.03. The lowest BCUT2D eigenvalue weighted by atomic mass is 10.1. The topological polar surface area (TPSA) is 76.7 Å². The van der Waals surface area contributed by atoms with E-state index in [2.05, 4.69) is 0 Å². The highest BCUT2D eigenvalue weighted by molar-refractivity contribution is 7.99. The first-order valence-electron chi connectivity index (χ1n) is 6.10. The Balaban J connectivity index is 2.15. The van der Waals surface area contributed by atoms with Gasteiger partial charge >= 0.3 is 11.9 Å². The number of carbonyl (C=O) groups is 2. The molecule has 0 unspecified atom stereocenters. The number of para-hydroxylation sites is 1. The fraction of sp³-hybridized carbons (Fsp3) is 0.286. The average Bonchev–Trinajstić information content (AvgIpc) is 2.77. The summed E-state index contributed by atoms with van der Waals surface area (Å²) in [5.41, 5.74) is 0.702. The molecule has 1 aromatic carbocycles. The van der Waals surface area contributed by atoms with E-state index in [9.17, 15) is 14.7 Å². The third-order valence-electron chi connectivity index (χ3n) is 2.64. The van der Waals surface area contributed by atoms with Crippen LogP contribution in [0.3, 0.4) is 0 Å². The SMILES string of the molecule is CCOC(=O)CSCc1oc2ccccc2c1C(=O)O. The predicted molar refractivity (Wildman–Crippen MR) is 76.0 cm³/mol. The molecule has 20 heavy (non-hydrogen) atoms. The number of carboxylic acid groups (broad SMARTS) is 1. The summed E-state index contributed by atoms with van der Waals surface area (Å²) in [7, 11) is 0. The zero-order valence-corrected chi connectivity index (χ0v) is 11.7. The number of carboxylic acids is 1. The first-order valence-corrected chi connectivity index (χ1v) is 7.26. The van der Waals surface area contributed by atoms with Gasteiger partial charge < -0.3 is 14.3 Å². The van der Waals surface area contributed by atoms with Crippen molar-refractivity contribution in [2.45, 2.75) is 12.7 Å². The van der Waals surface area contributed by atoms with Crippen molar-refractivity contribution in [1.29, 1.82) is 0 Å². The molecule has 1 heterocycles. The number of fused-ring (bicyclic) bond motifs is 1. The number of esters is 1. The third kappa shape index (κ3) is 3.14. The molecule has 6 heteroatoms. The van der Waals surface area contributed by atoms with E-state index >= 15 is 0 Å². The molecule has 0 saturated carbocycles. The van der Waals surface area contributed by atoms with Gasteiger partial charge in [-0.2, -0.15) is 0 Å². The van der Waals surface area contributed by atoms with Gasteiger partial charge in [-0.15, -0.1) is 11.8 Å². The lowest BCUT2D eigenvalue weighted by Gasteiger charge is -2.01. The summed E-state index contributed by atoms with van der Waals surface area (Å²) in [6.45, 7) is 2.08. The number of thioether (sulfide) groups is 1. The zero-order chi connectivity index (χ0) is 14.5. The van der Waals surface area contributed by atoms with E-state index in [-0.39, 0.29) is 17.3 Å². The van der Waals surface area contributed by atoms with Gasteiger partial charge in [-0.1, -0.05) is 18.2 Å². The van der Waals surface area contributed by atoms with Crippen molar-refractivity contribution >= 4 is 34.7 Å². The molecule has 1 aromatic heterocycles. The van der Waals surface area contributed by atoms with Crippen molar-refractivity contribution in [2.24, 2.45) is 0 Å². The van der Waals surface area contributed by atoms with Crippen molar-refractivity contribution in [3.63, 3.8) is 0 Å². The fourth-order valence-corrected chi connectivity index (χ4v) is 2.60. The molecule has 0 fully saturated rings. The third-order valence-corrected chi connectivity index (χ3v) is 3.55. The maximum Gasteiger partial charge on any atom is 0.339 e. The molecular formula is C14H14O5S. The monoisotopic (exact) mass is 294 g/mol. The van der Waals surface area contributed by atoms with Crippen molar-refractivity contribution in [1.82, 2.24) is 0 Å². The molecule has 1 N–H and O–H groups in total. The molecule has 0 radical (unpaired) electrons. The van der Waals surface area contributed by atoms with Gasteiger partial charge in [-0.05, 0) is 13.0 Å². The number of carbonyl (C=O) groups excluding carboxylic acids is 1. The number of ether oxygens (including phenoxy) is 1. The molecule has 2 aromatic rings. The van der Waals surface area contributed by atoms with E-state index in [0.29, 0.717) is 29.1 Å². The van der Waals surface area contributed by atoms with Crippen LogP contribution in [-0.4, -0.2) is 29.4 Å². The molecule has 0 bridgehead atoms. The molecule has 0 atom stereocenters. The Hall–Kier alpha value is -1.95. The first kappa shape index (κ1) is 14.5. The van der Waals surface area contributed by atoms with E-state index < -0.39 is 5.97 Å². The molecule has 0 spiro atoms. The van der Waals surface area contributed by atoms with E-state index in [4.69, 9.17) is 9.15 Å². The summed E-state index contributed by atoms with van der Waals surface area (Å²) in [6.07, 6.45) is 0. The lowest BCUT2D eigenvalue weighted by molar-refractivity contribution is -0.139. The van der Waals surface area contributed by atoms with Crippen LogP contribution in [0.2, 0.25) is 0 Å². The van der Waals surface area contributed by atoms with Crippen molar-refractivity contribution in [2.75, 3.05) is 12.4 Å². The smallest absolute Gasteiger partial charge is 0.339 e. The van der Waals surface area contributed by atoms with Crippen molar-refractivity contribution in [3.8, 4) is 0 Å². The van der Waals surface area contributed by atoms with Gasteiger partial charge in [0.05, 0.1) is 18.1 Å². The molecule has 0 aliphatic carbocycles. The number of benzene rings is 1. The summed E-state index contributed by atoms with van der Waals surface area (Å²) in [4.78, 5) is 22.6. The number of aromatic carboxylic acids is 1. The fourth-order valence-electron chi connectivity index (χ4n) is 1.86. The van der Waals surface area contributed by atoms with Gasteiger partial charge in [-0.25, -0.2) is 4.79 Å². The molecule has 0 aliphatic heterocycles. The maximum atomic E-state index is 11.3. The van der Waals surface area contributed by atoms with Gasteiger partial charge in [0.25, 0.3) is 0 Å². The van der Waals surface area contributed by atoms with Crippen LogP contribution in [-0.2, 0) is 15.3 Å². The maximum absolute atomic E-state index is 11.3. The number of rotatable bonds is 6. The Kier molecular flexibility index (Phi) is 4.68. The molecule has 0 amide bonds. The molecule has 106 valence electrons. The predicted octanol–water partition coefficient (Wildman–Crippen LogP) is 2.93. The van der Waals surface area contributed by atoms with Gasteiger partial charge in [0.1, 0.15) is 16.9 Å². The number of hydrogen-bond donors (Lipinski definition) is 1. The Labute approximate surface area is 119 Å². The number of furan rings is 1. The highest BCUT2D eigenvalue weighted by Gasteiger charge is 2.20. The quantitative estimate of drug-likeness (QED) is 0.825. The molecule has 2 rings (SSSR count). The van der Waals surface area contributed by atoms with Crippen LogP contribution in [0.25, 0.3) is 11.0 Å². The van der Waals surface area contributed by atoms with E-state index in [1.807, 2.05) is 0 Å². The molecule has 0 aliphatic rings. The van der Waals surface area contributed by atoms with Crippen LogP contribution in [0.4, 0.5) is 0 Å². The standard InChI is InChI=1S/C14H14O5S/c1-2-18-12(15)8-20-7-11-13(14(16)17)9-5-3-4-6-10(9)19-11/h3-6H,2,7-8H2,1H3,(H,16,17). The van der Waals surface area contributed by atoms with Crippen LogP contribution in [0.1, 0.15) is 23.0 Å². The lowest BCUT2D eigenvalue weighted by Crippen LogP contribution is -2.07. The van der Waals surface area contributed by atoms with E-state index in [1.54, 1.807) is 31.2 Å². The summed E-state index contributed by atoms with van der Waals surface area (Å²) in [5, 5.41) is 9.86. The van der Waals surface area contributed by atoms with Gasteiger partial charge in [0.2, 0.25) is 0 Å². The van der Waals surface area contributed by atoms with Crippen molar-refractivity contribution in [3.05, 3.63) is 35.6 Å². The van der Waals surface area contributed by atoms with Crippen LogP contribution in [0, 0.1) is 0 Å². The normalized spacial score (nSPS) is 10.7. The Morgan fingerprint density at radius 1 is 1.35 bits per heavy atom. The molecular weight excluding hydrogens is 280 g/mol. The van der Waals surface area contributed by atoms with Crippen molar-refractivity contribution < 1.29 is 23.8 Å². The average molecular weight is 294 g/mol. The Morgan fingerprint density at radius 3 is 2.80 bits per heavy atom. The summed E-state index contributed by atoms with van der Waals surface area (Å²) < 4.78 is 10.4. The summed E-state index contributed by atoms with van der Waals surface area (Å²) in [5.74, 6) is -0.487. The van der Waals surface area contributed by atoms with Gasteiger partial charge in [0, 0.05) is 5.39 Å². The highest BCUT2D eigenvalue weighted by atomic mass is 32.2. The van der Waals surface area contributed by atoms with Crippen LogP contribution in [0.5, 0.6) is 0 Å². The van der Waals surface area contributed by atoms with E-state index in [1.165, 1.54) is 11.8 Å². The molecule has 5 nitrogen and oxygen atoms in total. The van der Waals surface area contributed by atoms with Gasteiger partial charge in [0.15, 0.2) is 0 Å². The van der Waals surface area contributed by atoms with E-state index in [0.717, 1.165) is 0 Å². The second-order valence-corrected chi connectivity index (χ2v) is 4.98. The van der Waals surface area contributed by atoms with Crippen LogP contribution >= 0.6 is 11.8 Å². The second-order valence-electron chi connectivity index (χ2n) is 4.00. The summed E-state index contributed by atoms with van der Waals surface area (Å²) in [6, 6.07) is 6.98. The van der Waals surface area contributed by atoms with Crippen LogP contribution in [0.15, 0.2) is 28.7 Å².